The van der Waals surface area contributed by atoms with Gasteiger partial charge in [-0.2, -0.15) is 10.2 Å². The van der Waals surface area contributed by atoms with Gasteiger partial charge >= 0.3 is 11.9 Å². The lowest BCUT2D eigenvalue weighted by molar-refractivity contribution is -0.154. The summed E-state index contributed by atoms with van der Waals surface area (Å²) in [5.41, 5.74) is 2.57. The molecule has 3 heterocycles. The number of rotatable bonds is 11. The first-order valence-corrected chi connectivity index (χ1v) is 16.4. The van der Waals surface area contributed by atoms with Gasteiger partial charge in [-0.3, -0.25) is 28.5 Å². The van der Waals surface area contributed by atoms with Crippen molar-refractivity contribution in [2.75, 3.05) is 33.2 Å². The molecule has 3 N–H and O–H groups in total. The molecule has 1 fully saturated rings. The van der Waals surface area contributed by atoms with Gasteiger partial charge in [0.05, 0.1) is 36.9 Å². The molecule has 15 heteroatoms. The Bertz CT molecular complexity index is 1870. The number of nitrogens with one attached hydrogen (secondary N) is 2. The Balaban J connectivity index is 0.000000341. The van der Waals surface area contributed by atoms with E-state index in [4.69, 9.17) is 14.9 Å². The van der Waals surface area contributed by atoms with Crippen molar-refractivity contribution in [3.8, 4) is 11.1 Å². The second-order valence-corrected chi connectivity index (χ2v) is 13.0. The number of benzene rings is 2. The molecule has 1 aliphatic heterocycles. The number of likely N-dealkylation sites (N-methyl/N-ethyl adjacent to an activating group) is 1. The Labute approximate surface area is 288 Å². The highest BCUT2D eigenvalue weighted by molar-refractivity contribution is 5.99. The van der Waals surface area contributed by atoms with E-state index < -0.39 is 17.5 Å². The van der Waals surface area contributed by atoms with Gasteiger partial charge in [0.1, 0.15) is 23.9 Å². The van der Waals surface area contributed by atoms with Crippen LogP contribution in [0.4, 0.5) is 4.39 Å². The molecule has 0 radical (unpaired) electrons. The summed E-state index contributed by atoms with van der Waals surface area (Å²) < 4.78 is 23.9. The van der Waals surface area contributed by atoms with Gasteiger partial charge in [0.25, 0.3) is 0 Å². The van der Waals surface area contributed by atoms with E-state index in [-0.39, 0.29) is 56.0 Å². The number of carboxylic acid groups (broad SMARTS) is 1. The molecule has 14 nitrogen and oxygen atoms in total. The number of likely N-dealkylation sites (tertiary alicyclic amines) is 1. The first kappa shape index (κ1) is 37.6. The number of fused-ring (bicyclic) bond motifs is 2. The highest BCUT2D eigenvalue weighted by atomic mass is 19.1. The Morgan fingerprint density at radius 1 is 1.06 bits per heavy atom. The molecule has 5 rings (SSSR count). The standard InChI is InChI=1S/C26H26FN5O4.C9H18N2O3/c1-30-26-17(15-28-30)5-6-19(24(26)27)18-3-2-4-20-23(18)25(29-32(20)13-14-33)16-9-11-31(12-10-16)21(34)7-8-22(35)36;1-9(2,3)14-8(13)6-11-7(12)5-10-4/h2-6,14-16H,7-13H2,1H3,(H,35,36);10H,5-6H2,1-4H3,(H,11,12). The third-order valence-electron chi connectivity index (χ3n) is 8.16. The van der Waals surface area contributed by atoms with Crippen molar-refractivity contribution in [2.45, 2.75) is 64.5 Å². The third kappa shape index (κ3) is 9.28. The van der Waals surface area contributed by atoms with Gasteiger partial charge in [-0.1, -0.05) is 24.3 Å². The summed E-state index contributed by atoms with van der Waals surface area (Å²) in [6, 6.07) is 9.17. The largest absolute Gasteiger partial charge is 0.481 e. The summed E-state index contributed by atoms with van der Waals surface area (Å²) in [4.78, 5) is 58.3. The summed E-state index contributed by atoms with van der Waals surface area (Å²) >= 11 is 0. The Kier molecular flexibility index (Phi) is 12.4. The minimum atomic E-state index is -0.991. The van der Waals surface area contributed by atoms with Gasteiger partial charge in [0, 0.05) is 48.8 Å². The van der Waals surface area contributed by atoms with Crippen LogP contribution in [0.3, 0.4) is 0 Å². The number of amides is 2. The molecule has 4 aromatic rings. The van der Waals surface area contributed by atoms with Gasteiger partial charge in [-0.25, -0.2) is 4.39 Å². The van der Waals surface area contributed by atoms with E-state index in [1.165, 1.54) is 4.68 Å². The molecule has 2 aromatic carbocycles. The van der Waals surface area contributed by atoms with Gasteiger partial charge in [-0.05, 0) is 52.3 Å². The number of esters is 1. The molecule has 2 amide bonds. The van der Waals surface area contributed by atoms with Crippen molar-refractivity contribution in [1.82, 2.24) is 35.1 Å². The van der Waals surface area contributed by atoms with Crippen molar-refractivity contribution in [3.05, 3.63) is 48.0 Å². The highest BCUT2D eigenvalue weighted by Crippen LogP contribution is 2.40. The number of carbonyl (C=O) groups is 5. The number of ether oxygens (including phenoxy) is 1. The first-order chi connectivity index (χ1) is 23.7. The number of carboxylic acids is 1. The first-order valence-electron chi connectivity index (χ1n) is 16.4. The minimum Gasteiger partial charge on any atom is -0.481 e. The number of nitrogens with zero attached hydrogens (tertiary/aromatic N) is 5. The van der Waals surface area contributed by atoms with E-state index >= 15 is 4.39 Å². The van der Waals surface area contributed by atoms with Crippen LogP contribution in [0.15, 0.2) is 36.5 Å². The topological polar surface area (TPSA) is 178 Å². The lowest BCUT2D eigenvalue weighted by Gasteiger charge is -2.31. The van der Waals surface area contributed by atoms with Crippen LogP contribution >= 0.6 is 0 Å². The molecule has 0 spiro atoms. The van der Waals surface area contributed by atoms with Gasteiger partial charge in [-0.15, -0.1) is 0 Å². The zero-order valence-electron chi connectivity index (χ0n) is 29.0. The highest BCUT2D eigenvalue weighted by Gasteiger charge is 2.29. The molecule has 50 heavy (non-hydrogen) atoms. The van der Waals surface area contributed by atoms with Crippen molar-refractivity contribution in [2.24, 2.45) is 7.05 Å². The van der Waals surface area contributed by atoms with Crippen molar-refractivity contribution in [3.63, 3.8) is 0 Å². The smallest absolute Gasteiger partial charge is 0.325 e. The van der Waals surface area contributed by atoms with Crippen LogP contribution in [0.25, 0.3) is 32.9 Å². The van der Waals surface area contributed by atoms with Crippen LogP contribution in [0.2, 0.25) is 0 Å². The predicted octanol–water partition coefficient (Wildman–Crippen LogP) is 3.16. The van der Waals surface area contributed by atoms with E-state index in [2.05, 4.69) is 15.7 Å². The van der Waals surface area contributed by atoms with Crippen LogP contribution in [0.1, 0.15) is 58.1 Å². The number of aryl methyl sites for hydroxylation is 1. The fourth-order valence-corrected chi connectivity index (χ4v) is 5.95. The minimum absolute atomic E-state index is 0.00794. The summed E-state index contributed by atoms with van der Waals surface area (Å²) in [5.74, 6) is -2.17. The molecule has 1 aliphatic rings. The SMILES string of the molecule is CNCC(=O)NCC(=O)OC(C)(C)C.Cn1ncc2ccc(-c3cccc4c3c(C3CCN(C(=O)CCC(=O)O)CC3)nn4CC=O)c(F)c21. The van der Waals surface area contributed by atoms with Crippen molar-refractivity contribution >= 4 is 51.8 Å². The van der Waals surface area contributed by atoms with E-state index in [0.29, 0.717) is 48.0 Å². The summed E-state index contributed by atoms with van der Waals surface area (Å²) in [7, 11) is 3.36. The lowest BCUT2D eigenvalue weighted by Crippen LogP contribution is -2.38. The average molecular weight is 694 g/mol. The average Bonchev–Trinajstić information content (AvgIpc) is 3.63. The molecule has 268 valence electrons. The molecular formula is C35H44FN7O7. The van der Waals surface area contributed by atoms with Gasteiger partial charge in [0.15, 0.2) is 5.82 Å². The number of hydrogen-bond acceptors (Lipinski definition) is 9. The molecule has 1 saturated heterocycles. The number of piperidine rings is 1. The molecule has 2 aromatic heterocycles. The second-order valence-electron chi connectivity index (χ2n) is 13.0. The van der Waals surface area contributed by atoms with Gasteiger partial charge in [0.2, 0.25) is 11.8 Å². The third-order valence-corrected chi connectivity index (χ3v) is 8.16. The van der Waals surface area contributed by atoms with E-state index in [1.807, 2.05) is 24.3 Å². The van der Waals surface area contributed by atoms with Crippen LogP contribution in [0, 0.1) is 5.82 Å². The summed E-state index contributed by atoms with van der Waals surface area (Å²) in [6.07, 6.45) is 3.50. The molecule has 0 aliphatic carbocycles. The molecule has 0 unspecified atom stereocenters. The summed E-state index contributed by atoms with van der Waals surface area (Å²) in [5, 5.41) is 24.4. The lowest BCUT2D eigenvalue weighted by atomic mass is 9.88. The molecule has 0 atom stereocenters. The van der Waals surface area contributed by atoms with Crippen molar-refractivity contribution in [1.29, 1.82) is 0 Å². The monoisotopic (exact) mass is 693 g/mol. The van der Waals surface area contributed by atoms with Gasteiger partial charge < -0.3 is 30.2 Å². The molecular weight excluding hydrogens is 649 g/mol. The van der Waals surface area contributed by atoms with E-state index in [0.717, 1.165) is 22.9 Å². The van der Waals surface area contributed by atoms with E-state index in [1.54, 1.807) is 56.7 Å². The van der Waals surface area contributed by atoms with Crippen molar-refractivity contribution < 1.29 is 38.2 Å². The Hall–Kier alpha value is -5.18. The fourth-order valence-electron chi connectivity index (χ4n) is 5.95. The Morgan fingerprint density at radius 3 is 2.42 bits per heavy atom. The zero-order valence-corrected chi connectivity index (χ0v) is 29.0. The second kappa shape index (κ2) is 16.5. The maximum atomic E-state index is 15.7. The number of aldehydes is 1. The number of halogens is 1. The fraction of sp³-hybridized carbons (Fsp3) is 0.457. The predicted molar refractivity (Wildman–Crippen MR) is 184 cm³/mol. The molecule has 0 saturated carbocycles. The normalized spacial score (nSPS) is 13.5. The summed E-state index contributed by atoms with van der Waals surface area (Å²) in [6.45, 7) is 6.50. The van der Waals surface area contributed by atoms with Crippen LogP contribution in [-0.4, -0.2) is 98.4 Å². The number of aromatic nitrogens is 4. The molecule has 0 bridgehead atoms. The van der Waals surface area contributed by atoms with Crippen LogP contribution in [0.5, 0.6) is 0 Å². The number of hydrogen-bond donors (Lipinski definition) is 3. The van der Waals surface area contributed by atoms with Crippen LogP contribution in [-0.2, 0) is 42.3 Å². The maximum absolute atomic E-state index is 15.7. The van der Waals surface area contributed by atoms with Crippen LogP contribution < -0.4 is 10.6 Å². The number of aliphatic carboxylic acids is 1. The van der Waals surface area contributed by atoms with E-state index in [9.17, 15) is 24.0 Å². The Morgan fingerprint density at radius 2 is 1.78 bits per heavy atom. The maximum Gasteiger partial charge on any atom is 0.325 e. The zero-order chi connectivity index (χ0) is 36.6. The quantitative estimate of drug-likeness (QED) is 0.156. The number of carbonyl (C=O) groups excluding carboxylic acids is 4.